The van der Waals surface area contributed by atoms with E-state index in [2.05, 4.69) is 0 Å². The predicted octanol–water partition coefficient (Wildman–Crippen LogP) is 0.988. The number of hydrogen-bond donors (Lipinski definition) is 1. The largest absolute Gasteiger partial charge is 0.356 e. The van der Waals surface area contributed by atoms with Gasteiger partial charge in [0.25, 0.3) is 0 Å². The lowest BCUT2D eigenvalue weighted by Gasteiger charge is -2.35. The second kappa shape index (κ2) is 3.79. The maximum atomic E-state index is 10.9. The zero-order valence-corrected chi connectivity index (χ0v) is 10.3. The summed E-state index contributed by atoms with van der Waals surface area (Å²) in [7, 11) is 0. The van der Waals surface area contributed by atoms with Gasteiger partial charge in [0.15, 0.2) is 0 Å². The lowest BCUT2D eigenvalue weighted by atomic mass is 9.97. The van der Waals surface area contributed by atoms with Gasteiger partial charge in [-0.15, -0.1) is 0 Å². The molecule has 1 aliphatic carbocycles. The monoisotopic (exact) mass is 227 g/mol. The average Bonchev–Trinajstić information content (AvgIpc) is 2.88. The molecule has 0 aromatic rings. The van der Waals surface area contributed by atoms with Crippen LogP contribution < -0.4 is 0 Å². The van der Waals surface area contributed by atoms with Gasteiger partial charge in [-0.25, -0.2) is 0 Å². The molecule has 1 saturated carbocycles. The van der Waals surface area contributed by atoms with Crippen LogP contribution in [0.25, 0.3) is 0 Å². The molecule has 1 aliphatic heterocycles. The minimum Gasteiger partial charge on any atom is -0.356 e. The maximum Gasteiger partial charge on any atom is 0.216 e. The number of likely N-dealkylation sites (tertiary alicyclic amines) is 1. The smallest absolute Gasteiger partial charge is 0.216 e. The van der Waals surface area contributed by atoms with Crippen LogP contribution in [0.1, 0.15) is 33.6 Å². The van der Waals surface area contributed by atoms with Gasteiger partial charge in [-0.05, 0) is 39.5 Å². The Morgan fingerprint density at radius 2 is 2.25 bits per heavy atom. The summed E-state index contributed by atoms with van der Waals surface area (Å²) in [5.41, 5.74) is -0.403. The summed E-state index contributed by atoms with van der Waals surface area (Å²) < 4.78 is 5.50. The van der Waals surface area contributed by atoms with E-state index in [4.69, 9.17) is 4.74 Å². The quantitative estimate of drug-likeness (QED) is 0.577. The molecule has 0 amide bonds. The van der Waals surface area contributed by atoms with Crippen LogP contribution in [0, 0.1) is 11.3 Å². The molecule has 3 unspecified atom stereocenters. The Labute approximate surface area is 96.6 Å². The Hall–Kier alpha value is -0.450. The summed E-state index contributed by atoms with van der Waals surface area (Å²) >= 11 is 0. The standard InChI is InChI=1S/C12H21NO3/c1-11(2,3)16-10(15)13-5-4-12(8-14)6-9(12)7-13/h8-10,15H,4-7H2,1-3H3. The third kappa shape index (κ3) is 2.29. The van der Waals surface area contributed by atoms with Crippen LogP contribution in [-0.4, -0.2) is 41.4 Å². The third-order valence-corrected chi connectivity index (χ3v) is 3.60. The van der Waals surface area contributed by atoms with Crippen molar-refractivity contribution < 1.29 is 14.6 Å². The van der Waals surface area contributed by atoms with Gasteiger partial charge in [-0.2, -0.15) is 0 Å². The van der Waals surface area contributed by atoms with Crippen LogP contribution >= 0.6 is 0 Å². The van der Waals surface area contributed by atoms with Crippen molar-refractivity contribution in [2.24, 2.45) is 11.3 Å². The lowest BCUT2D eigenvalue weighted by Crippen LogP contribution is -2.46. The van der Waals surface area contributed by atoms with Gasteiger partial charge < -0.3 is 14.6 Å². The highest BCUT2D eigenvalue weighted by atomic mass is 16.6. The fourth-order valence-corrected chi connectivity index (χ4v) is 2.47. The zero-order chi connectivity index (χ0) is 12.0. The number of aliphatic hydroxyl groups excluding tert-OH is 1. The van der Waals surface area contributed by atoms with Crippen LogP contribution in [-0.2, 0) is 9.53 Å². The molecule has 4 heteroatoms. The average molecular weight is 227 g/mol. The molecule has 0 aromatic carbocycles. The van der Waals surface area contributed by atoms with E-state index in [1.54, 1.807) is 0 Å². The van der Waals surface area contributed by atoms with Crippen molar-refractivity contribution in [2.75, 3.05) is 13.1 Å². The van der Waals surface area contributed by atoms with Crippen molar-refractivity contribution in [1.29, 1.82) is 0 Å². The zero-order valence-electron chi connectivity index (χ0n) is 10.3. The van der Waals surface area contributed by atoms with E-state index in [9.17, 15) is 9.90 Å². The first-order valence-corrected chi connectivity index (χ1v) is 5.93. The van der Waals surface area contributed by atoms with Crippen LogP contribution in [0.5, 0.6) is 0 Å². The summed E-state index contributed by atoms with van der Waals surface area (Å²) in [6, 6.07) is 0. The molecule has 2 aliphatic rings. The van der Waals surface area contributed by atoms with E-state index >= 15 is 0 Å². The summed E-state index contributed by atoms with van der Waals surface area (Å²) in [4.78, 5) is 12.8. The lowest BCUT2D eigenvalue weighted by molar-refractivity contribution is -0.243. The summed E-state index contributed by atoms with van der Waals surface area (Å²) in [5.74, 6) is 0.428. The normalized spacial score (nSPS) is 36.6. The molecule has 1 heterocycles. The van der Waals surface area contributed by atoms with Gasteiger partial charge in [-0.1, -0.05) is 0 Å². The highest BCUT2D eigenvalue weighted by Gasteiger charge is 2.57. The Morgan fingerprint density at radius 3 is 2.75 bits per heavy atom. The molecule has 1 N–H and O–H groups in total. The van der Waals surface area contributed by atoms with Gasteiger partial charge in [0.1, 0.15) is 6.29 Å². The number of carbonyl (C=O) groups is 1. The van der Waals surface area contributed by atoms with Crippen molar-refractivity contribution in [3.63, 3.8) is 0 Å². The number of hydrogen-bond acceptors (Lipinski definition) is 4. The van der Waals surface area contributed by atoms with Gasteiger partial charge >= 0.3 is 0 Å². The van der Waals surface area contributed by atoms with E-state index in [0.717, 1.165) is 32.2 Å². The number of nitrogens with zero attached hydrogens (tertiary/aromatic N) is 1. The van der Waals surface area contributed by atoms with E-state index in [1.165, 1.54) is 0 Å². The first kappa shape index (κ1) is 12.0. The van der Waals surface area contributed by atoms with Crippen LogP contribution in [0.4, 0.5) is 0 Å². The van der Waals surface area contributed by atoms with Crippen LogP contribution in [0.3, 0.4) is 0 Å². The third-order valence-electron chi connectivity index (χ3n) is 3.60. The maximum absolute atomic E-state index is 10.9. The van der Waals surface area contributed by atoms with Crippen molar-refractivity contribution in [3.8, 4) is 0 Å². The second-order valence-electron chi connectivity index (χ2n) is 6.05. The molecule has 92 valence electrons. The fraction of sp³-hybridized carbons (Fsp3) is 0.917. The predicted molar refractivity (Wildman–Crippen MR) is 59.6 cm³/mol. The number of fused-ring (bicyclic) bond motifs is 1. The van der Waals surface area contributed by atoms with Crippen molar-refractivity contribution >= 4 is 6.29 Å². The van der Waals surface area contributed by atoms with Gasteiger partial charge in [-0.3, -0.25) is 4.90 Å². The SMILES string of the molecule is CC(C)(C)OC(O)N1CCC2(C=O)CC2C1. The van der Waals surface area contributed by atoms with Gasteiger partial charge in [0, 0.05) is 18.5 Å². The van der Waals surface area contributed by atoms with Crippen molar-refractivity contribution in [3.05, 3.63) is 0 Å². The molecule has 0 aromatic heterocycles. The Bertz CT molecular complexity index is 286. The minimum atomic E-state index is -0.842. The Balaban J connectivity index is 1.87. The summed E-state index contributed by atoms with van der Waals surface area (Å²) in [6.45, 7) is 7.29. The number of aliphatic hydroxyl groups is 1. The highest BCUT2D eigenvalue weighted by molar-refractivity contribution is 5.65. The van der Waals surface area contributed by atoms with Crippen LogP contribution in [0.2, 0.25) is 0 Å². The molecule has 3 atom stereocenters. The van der Waals surface area contributed by atoms with Crippen LogP contribution in [0.15, 0.2) is 0 Å². The van der Waals surface area contributed by atoms with E-state index in [1.807, 2.05) is 25.7 Å². The number of piperidine rings is 1. The number of rotatable bonds is 3. The molecule has 2 rings (SSSR count). The van der Waals surface area contributed by atoms with Crippen molar-refractivity contribution in [2.45, 2.75) is 45.6 Å². The number of aldehydes is 1. The molecule has 2 fully saturated rings. The number of ether oxygens (including phenoxy) is 1. The minimum absolute atomic E-state index is 0.0576. The Morgan fingerprint density at radius 1 is 1.56 bits per heavy atom. The molecule has 16 heavy (non-hydrogen) atoms. The summed E-state index contributed by atoms with van der Waals surface area (Å²) in [5, 5.41) is 9.92. The molecular formula is C12H21NO3. The highest BCUT2D eigenvalue weighted by Crippen LogP contribution is 2.56. The number of carbonyl (C=O) groups excluding carboxylic acids is 1. The fourth-order valence-electron chi connectivity index (χ4n) is 2.47. The first-order valence-electron chi connectivity index (χ1n) is 5.93. The van der Waals surface area contributed by atoms with Crippen molar-refractivity contribution in [1.82, 2.24) is 4.90 Å². The molecule has 1 saturated heterocycles. The molecule has 0 radical (unpaired) electrons. The van der Waals surface area contributed by atoms with Gasteiger partial charge in [0.05, 0.1) is 5.60 Å². The van der Waals surface area contributed by atoms with E-state index < -0.39 is 6.41 Å². The Kier molecular flexibility index (Phi) is 2.85. The summed E-state index contributed by atoms with van der Waals surface area (Å²) in [6.07, 6.45) is 2.10. The topological polar surface area (TPSA) is 49.8 Å². The molecule has 0 spiro atoms. The molecular weight excluding hydrogens is 206 g/mol. The van der Waals surface area contributed by atoms with E-state index in [0.29, 0.717) is 5.92 Å². The molecule has 4 nitrogen and oxygen atoms in total. The first-order chi connectivity index (χ1) is 7.36. The van der Waals surface area contributed by atoms with Gasteiger partial charge in [0.2, 0.25) is 6.41 Å². The second-order valence-corrected chi connectivity index (χ2v) is 6.05. The molecule has 0 bridgehead atoms. The van der Waals surface area contributed by atoms with E-state index in [-0.39, 0.29) is 11.0 Å².